The molecule has 17 heavy (non-hydrogen) atoms. The monoisotopic (exact) mass is 251 g/mol. The number of thiazole rings is 1. The Morgan fingerprint density at radius 2 is 2.24 bits per heavy atom. The van der Waals surface area contributed by atoms with Crippen LogP contribution in [0.2, 0.25) is 0 Å². The lowest BCUT2D eigenvalue weighted by molar-refractivity contribution is 0.233. The van der Waals surface area contributed by atoms with Crippen molar-refractivity contribution in [2.45, 2.75) is 32.7 Å². The maximum atomic E-state index is 4.84. The lowest BCUT2D eigenvalue weighted by Crippen LogP contribution is -2.42. The summed E-state index contributed by atoms with van der Waals surface area (Å²) < 4.78 is 0. The molecule has 2 aliphatic rings. The summed E-state index contributed by atoms with van der Waals surface area (Å²) in [5.74, 6) is 0.856. The van der Waals surface area contributed by atoms with Gasteiger partial charge in [0.05, 0.1) is 12.2 Å². The number of nitrogens with one attached hydrogen (secondary N) is 1. The summed E-state index contributed by atoms with van der Waals surface area (Å²) in [5.41, 5.74) is 1.40. The number of rotatable bonds is 2. The molecule has 0 aromatic carbocycles. The number of aryl methyl sites for hydroxylation is 1. The smallest absolute Gasteiger partial charge is 0.107 e. The molecule has 4 heteroatoms. The van der Waals surface area contributed by atoms with Gasteiger partial charge >= 0.3 is 0 Å². The zero-order chi connectivity index (χ0) is 11.7. The third kappa shape index (κ3) is 2.69. The van der Waals surface area contributed by atoms with Crippen LogP contribution < -0.4 is 5.32 Å². The number of nitrogens with zero attached hydrogens (tertiary/aromatic N) is 2. The molecule has 1 aliphatic carbocycles. The second kappa shape index (κ2) is 5.04. The SMILES string of the molecule is CC1CCc2nc(CN3CCNCC3)sc2C1. The molecule has 94 valence electrons. The number of hydrogen-bond donors (Lipinski definition) is 1. The van der Waals surface area contributed by atoms with E-state index in [2.05, 4.69) is 17.1 Å². The van der Waals surface area contributed by atoms with Gasteiger partial charge in [-0.3, -0.25) is 4.90 Å². The molecule has 0 amide bonds. The number of fused-ring (bicyclic) bond motifs is 1. The lowest BCUT2D eigenvalue weighted by Gasteiger charge is -2.26. The van der Waals surface area contributed by atoms with Gasteiger partial charge in [-0.2, -0.15) is 0 Å². The highest BCUT2D eigenvalue weighted by molar-refractivity contribution is 7.11. The Kier molecular flexibility index (Phi) is 3.45. The molecule has 0 radical (unpaired) electrons. The topological polar surface area (TPSA) is 28.2 Å². The van der Waals surface area contributed by atoms with Gasteiger partial charge in [-0.1, -0.05) is 6.92 Å². The van der Waals surface area contributed by atoms with E-state index in [4.69, 9.17) is 4.98 Å². The highest BCUT2D eigenvalue weighted by Gasteiger charge is 2.20. The summed E-state index contributed by atoms with van der Waals surface area (Å²) in [6.45, 7) is 8.01. The summed E-state index contributed by atoms with van der Waals surface area (Å²) >= 11 is 1.96. The van der Waals surface area contributed by atoms with Crippen LogP contribution in [-0.2, 0) is 19.4 Å². The first-order chi connectivity index (χ1) is 8.31. The van der Waals surface area contributed by atoms with Crippen molar-refractivity contribution < 1.29 is 0 Å². The molecule has 1 N–H and O–H groups in total. The Hall–Kier alpha value is -0.450. The summed E-state index contributed by atoms with van der Waals surface area (Å²) in [6, 6.07) is 0. The van der Waals surface area contributed by atoms with Crippen LogP contribution in [-0.4, -0.2) is 36.1 Å². The Morgan fingerprint density at radius 3 is 3.06 bits per heavy atom. The van der Waals surface area contributed by atoms with Crippen LogP contribution in [0.5, 0.6) is 0 Å². The molecule has 1 aromatic heterocycles. The van der Waals surface area contributed by atoms with E-state index >= 15 is 0 Å². The van der Waals surface area contributed by atoms with Crippen molar-refractivity contribution >= 4 is 11.3 Å². The van der Waals surface area contributed by atoms with E-state index in [9.17, 15) is 0 Å². The molecule has 1 aliphatic heterocycles. The van der Waals surface area contributed by atoms with Crippen LogP contribution in [0.25, 0.3) is 0 Å². The normalized spacial score (nSPS) is 25.8. The lowest BCUT2D eigenvalue weighted by atomic mass is 9.93. The summed E-state index contributed by atoms with van der Waals surface area (Å²) in [6.07, 6.45) is 3.78. The van der Waals surface area contributed by atoms with Gasteiger partial charge in [0, 0.05) is 31.1 Å². The number of piperazine rings is 1. The van der Waals surface area contributed by atoms with Crippen molar-refractivity contribution in [3.8, 4) is 0 Å². The molecule has 1 aromatic rings. The van der Waals surface area contributed by atoms with Gasteiger partial charge < -0.3 is 5.32 Å². The summed E-state index contributed by atoms with van der Waals surface area (Å²) in [4.78, 5) is 8.92. The largest absolute Gasteiger partial charge is 0.314 e. The zero-order valence-electron chi connectivity index (χ0n) is 10.5. The highest BCUT2D eigenvalue weighted by Crippen LogP contribution is 2.30. The van der Waals surface area contributed by atoms with Gasteiger partial charge in [0.1, 0.15) is 5.01 Å². The van der Waals surface area contributed by atoms with Gasteiger partial charge in [-0.15, -0.1) is 11.3 Å². The van der Waals surface area contributed by atoms with E-state index in [0.29, 0.717) is 0 Å². The van der Waals surface area contributed by atoms with Crippen molar-refractivity contribution in [2.24, 2.45) is 5.92 Å². The van der Waals surface area contributed by atoms with Crippen molar-refractivity contribution in [3.05, 3.63) is 15.6 Å². The van der Waals surface area contributed by atoms with Crippen molar-refractivity contribution in [3.63, 3.8) is 0 Å². The molecular formula is C13H21N3S. The summed E-state index contributed by atoms with van der Waals surface area (Å²) in [7, 11) is 0. The molecule has 2 heterocycles. The van der Waals surface area contributed by atoms with Crippen LogP contribution in [0.15, 0.2) is 0 Å². The molecule has 1 unspecified atom stereocenters. The average Bonchev–Trinajstić information content (AvgIpc) is 2.71. The first kappa shape index (κ1) is 11.6. The van der Waals surface area contributed by atoms with E-state index in [1.807, 2.05) is 11.3 Å². The minimum atomic E-state index is 0.856. The van der Waals surface area contributed by atoms with E-state index in [1.165, 1.54) is 43.1 Å². The molecule has 1 atom stereocenters. The first-order valence-corrected chi connectivity index (χ1v) is 7.53. The van der Waals surface area contributed by atoms with Crippen LogP contribution in [0.4, 0.5) is 0 Å². The van der Waals surface area contributed by atoms with Gasteiger partial charge in [0.2, 0.25) is 0 Å². The standard InChI is InChI=1S/C13H21N3S/c1-10-2-3-11-12(8-10)17-13(15-11)9-16-6-4-14-5-7-16/h10,14H,2-9H2,1H3. The fourth-order valence-electron chi connectivity index (χ4n) is 2.72. The van der Waals surface area contributed by atoms with Gasteiger partial charge in [-0.25, -0.2) is 4.98 Å². The Balaban J connectivity index is 1.67. The molecule has 3 rings (SSSR count). The van der Waals surface area contributed by atoms with Gasteiger partial charge in [0.25, 0.3) is 0 Å². The first-order valence-electron chi connectivity index (χ1n) is 6.72. The van der Waals surface area contributed by atoms with Crippen LogP contribution in [0, 0.1) is 5.92 Å². The second-order valence-electron chi connectivity index (χ2n) is 5.35. The van der Waals surface area contributed by atoms with Gasteiger partial charge in [0.15, 0.2) is 0 Å². The van der Waals surface area contributed by atoms with Crippen molar-refractivity contribution in [1.82, 2.24) is 15.2 Å². The van der Waals surface area contributed by atoms with E-state index in [1.54, 1.807) is 4.88 Å². The second-order valence-corrected chi connectivity index (χ2v) is 6.52. The Bertz CT molecular complexity index is 382. The van der Waals surface area contributed by atoms with Crippen molar-refractivity contribution in [2.75, 3.05) is 26.2 Å². The predicted molar refractivity (Wildman–Crippen MR) is 71.4 cm³/mol. The third-order valence-electron chi connectivity index (χ3n) is 3.80. The predicted octanol–water partition coefficient (Wildman–Crippen LogP) is 1.67. The van der Waals surface area contributed by atoms with Gasteiger partial charge in [-0.05, 0) is 25.2 Å². The van der Waals surface area contributed by atoms with Crippen LogP contribution in [0.1, 0.15) is 28.9 Å². The fraction of sp³-hybridized carbons (Fsp3) is 0.769. The molecule has 0 spiro atoms. The number of aromatic nitrogens is 1. The molecule has 0 saturated carbocycles. The third-order valence-corrected chi connectivity index (χ3v) is 4.90. The zero-order valence-corrected chi connectivity index (χ0v) is 11.4. The highest BCUT2D eigenvalue weighted by atomic mass is 32.1. The molecule has 3 nitrogen and oxygen atoms in total. The fourth-order valence-corrected chi connectivity index (χ4v) is 4.04. The maximum absolute atomic E-state index is 4.84. The van der Waals surface area contributed by atoms with Crippen LogP contribution >= 0.6 is 11.3 Å². The maximum Gasteiger partial charge on any atom is 0.107 e. The summed E-state index contributed by atoms with van der Waals surface area (Å²) in [5, 5.41) is 4.74. The molecule has 1 fully saturated rings. The Labute approximate surface area is 107 Å². The number of hydrogen-bond acceptors (Lipinski definition) is 4. The average molecular weight is 251 g/mol. The van der Waals surface area contributed by atoms with Crippen LogP contribution in [0.3, 0.4) is 0 Å². The molecular weight excluding hydrogens is 230 g/mol. The Morgan fingerprint density at radius 1 is 1.41 bits per heavy atom. The molecule has 0 bridgehead atoms. The minimum Gasteiger partial charge on any atom is -0.314 e. The molecule has 1 saturated heterocycles. The van der Waals surface area contributed by atoms with Crippen molar-refractivity contribution in [1.29, 1.82) is 0 Å². The quantitative estimate of drug-likeness (QED) is 0.867. The van der Waals surface area contributed by atoms with E-state index < -0.39 is 0 Å². The van der Waals surface area contributed by atoms with E-state index in [-0.39, 0.29) is 0 Å². The minimum absolute atomic E-state index is 0.856. The van der Waals surface area contributed by atoms with E-state index in [0.717, 1.165) is 25.6 Å².